The minimum absolute atomic E-state index is 0.0805. The predicted octanol–water partition coefficient (Wildman–Crippen LogP) is 2.43. The van der Waals surface area contributed by atoms with Gasteiger partial charge in [-0.1, -0.05) is 6.08 Å². The van der Waals surface area contributed by atoms with Crippen LogP contribution in [0.4, 0.5) is 0 Å². The Morgan fingerprint density at radius 2 is 2.56 bits per heavy atom. The highest BCUT2D eigenvalue weighted by Gasteiger charge is 2.30. The third kappa shape index (κ3) is 1.89. The van der Waals surface area contributed by atoms with E-state index in [-0.39, 0.29) is 11.9 Å². The number of esters is 1. The van der Waals surface area contributed by atoms with Gasteiger partial charge in [0.1, 0.15) is 0 Å². The number of hydrogen-bond acceptors (Lipinski definition) is 3. The van der Waals surface area contributed by atoms with Gasteiger partial charge in [-0.15, -0.1) is 18.3 Å². The van der Waals surface area contributed by atoms with Gasteiger partial charge in [0.05, 0.1) is 18.1 Å². The molecule has 0 saturated carbocycles. The first-order valence-corrected chi connectivity index (χ1v) is 6.27. The van der Waals surface area contributed by atoms with E-state index in [1.807, 2.05) is 12.1 Å². The van der Waals surface area contributed by atoms with E-state index >= 15 is 0 Å². The number of ether oxygens (including phenoxy) is 1. The molecule has 0 radical (unpaired) electrons. The summed E-state index contributed by atoms with van der Waals surface area (Å²) in [6.45, 7) is 4.61. The maximum absolute atomic E-state index is 11.5. The smallest absolute Gasteiger partial charge is 0.314 e. The van der Waals surface area contributed by atoms with Crippen LogP contribution in [0.3, 0.4) is 0 Å². The zero-order chi connectivity index (χ0) is 11.5. The monoisotopic (exact) mass is 237 g/mol. The molecule has 0 spiro atoms. The molecule has 3 nitrogen and oxygen atoms in total. The molecule has 1 unspecified atom stereocenters. The summed E-state index contributed by atoms with van der Waals surface area (Å²) in [5, 5.41) is 1.21. The van der Waals surface area contributed by atoms with Gasteiger partial charge in [0.15, 0.2) is 0 Å². The molecule has 0 saturated heterocycles. The van der Waals surface area contributed by atoms with Gasteiger partial charge in [-0.2, -0.15) is 0 Å². The Morgan fingerprint density at radius 3 is 3.25 bits per heavy atom. The van der Waals surface area contributed by atoms with Crippen LogP contribution in [-0.4, -0.2) is 23.4 Å². The van der Waals surface area contributed by atoms with Crippen molar-refractivity contribution < 1.29 is 9.53 Å². The van der Waals surface area contributed by atoms with Crippen LogP contribution in [0.1, 0.15) is 18.0 Å². The Labute approximate surface area is 99.5 Å². The van der Waals surface area contributed by atoms with Crippen LogP contribution < -0.4 is 0 Å². The van der Waals surface area contributed by atoms with Crippen molar-refractivity contribution in [3.8, 4) is 0 Å². The fraction of sp³-hybridized carbons (Fsp3) is 0.417. The molecule has 0 bridgehead atoms. The topological polar surface area (TPSA) is 31.2 Å². The van der Waals surface area contributed by atoms with Crippen molar-refractivity contribution in [2.75, 3.05) is 12.9 Å². The molecule has 1 aromatic heterocycles. The molecule has 0 N–H and O–H groups in total. The van der Waals surface area contributed by atoms with E-state index in [1.54, 1.807) is 11.8 Å². The molecule has 0 fully saturated rings. The minimum Gasteiger partial charge on any atom is -0.469 e. The lowest BCUT2D eigenvalue weighted by Gasteiger charge is -2.06. The second-order valence-corrected chi connectivity index (χ2v) is 4.75. The molecule has 2 rings (SSSR count). The van der Waals surface area contributed by atoms with Crippen LogP contribution in [0.2, 0.25) is 0 Å². The highest BCUT2D eigenvalue weighted by molar-refractivity contribution is 7.99. The molecule has 1 aliphatic rings. The second-order valence-electron chi connectivity index (χ2n) is 3.71. The van der Waals surface area contributed by atoms with E-state index in [9.17, 15) is 4.79 Å². The Morgan fingerprint density at radius 1 is 1.75 bits per heavy atom. The first-order chi connectivity index (χ1) is 7.77. The molecular weight excluding hydrogens is 222 g/mol. The van der Waals surface area contributed by atoms with Crippen LogP contribution in [-0.2, 0) is 16.1 Å². The summed E-state index contributed by atoms with van der Waals surface area (Å²) in [5.41, 5.74) is 1.08. The lowest BCUT2D eigenvalue weighted by molar-refractivity contribution is -0.142. The van der Waals surface area contributed by atoms with E-state index in [0.717, 1.165) is 24.4 Å². The van der Waals surface area contributed by atoms with Gasteiger partial charge >= 0.3 is 5.97 Å². The van der Waals surface area contributed by atoms with Gasteiger partial charge in [-0.05, 0) is 18.6 Å². The van der Waals surface area contributed by atoms with Gasteiger partial charge in [-0.3, -0.25) is 4.79 Å². The second kappa shape index (κ2) is 4.78. The van der Waals surface area contributed by atoms with Crippen LogP contribution in [0.15, 0.2) is 29.8 Å². The molecule has 0 aliphatic carbocycles. The summed E-state index contributed by atoms with van der Waals surface area (Å²) in [4.78, 5) is 11.5. The Balaban J connectivity index is 2.19. The number of carbonyl (C=O) groups excluding carboxylic acids is 1. The molecule has 0 amide bonds. The first kappa shape index (κ1) is 11.3. The Kier molecular flexibility index (Phi) is 3.39. The molecule has 86 valence electrons. The molecule has 0 aromatic carbocycles. The lowest BCUT2D eigenvalue weighted by Crippen LogP contribution is -2.11. The number of thioether (sulfide) groups is 1. The van der Waals surface area contributed by atoms with Crippen molar-refractivity contribution in [2.24, 2.45) is 0 Å². The molecule has 1 atom stereocenters. The summed E-state index contributed by atoms with van der Waals surface area (Å²) in [6.07, 6.45) is 2.74. The lowest BCUT2D eigenvalue weighted by atomic mass is 10.1. The average Bonchev–Trinajstić information content (AvgIpc) is 2.86. The number of fused-ring (bicyclic) bond motifs is 1. The maximum atomic E-state index is 11.5. The van der Waals surface area contributed by atoms with Crippen molar-refractivity contribution in [2.45, 2.75) is 23.9 Å². The molecule has 16 heavy (non-hydrogen) atoms. The van der Waals surface area contributed by atoms with E-state index in [4.69, 9.17) is 4.74 Å². The van der Waals surface area contributed by atoms with Crippen LogP contribution in [0.25, 0.3) is 0 Å². The fourth-order valence-corrected chi connectivity index (χ4v) is 2.87. The molecule has 1 aliphatic heterocycles. The number of methoxy groups -OCH3 is 1. The average molecular weight is 237 g/mol. The fourth-order valence-electron chi connectivity index (χ4n) is 2.06. The van der Waals surface area contributed by atoms with Crippen molar-refractivity contribution >= 4 is 17.7 Å². The van der Waals surface area contributed by atoms with E-state index in [1.165, 1.54) is 12.1 Å². The minimum atomic E-state index is -0.128. The summed E-state index contributed by atoms with van der Waals surface area (Å²) >= 11 is 1.75. The van der Waals surface area contributed by atoms with E-state index in [0.29, 0.717) is 0 Å². The zero-order valence-electron chi connectivity index (χ0n) is 9.31. The van der Waals surface area contributed by atoms with Crippen molar-refractivity contribution in [3.63, 3.8) is 0 Å². The predicted molar refractivity (Wildman–Crippen MR) is 64.7 cm³/mol. The van der Waals surface area contributed by atoms with Crippen molar-refractivity contribution in [3.05, 3.63) is 30.5 Å². The molecular formula is C12H15NO2S. The van der Waals surface area contributed by atoms with Crippen LogP contribution in [0.5, 0.6) is 0 Å². The standard InChI is InChI=1S/C12H15NO2S/c1-3-8-16-11-5-4-10-9(12(14)15-2)6-7-13(10)11/h3-5,9H,1,6-8H2,2H3. The number of hydrogen-bond donors (Lipinski definition) is 0. The van der Waals surface area contributed by atoms with Gasteiger partial charge in [0, 0.05) is 18.0 Å². The summed E-state index contributed by atoms with van der Waals surface area (Å²) in [7, 11) is 1.45. The number of rotatable bonds is 4. The SMILES string of the molecule is C=CCSc1ccc2n1CCC2C(=O)OC. The summed E-state index contributed by atoms with van der Waals surface area (Å²) in [6, 6.07) is 4.10. The molecule has 1 aromatic rings. The summed E-state index contributed by atoms with van der Waals surface area (Å²) in [5.74, 6) is 0.687. The highest BCUT2D eigenvalue weighted by Crippen LogP contribution is 2.34. The normalized spacial score (nSPS) is 18.2. The van der Waals surface area contributed by atoms with Crippen LogP contribution >= 0.6 is 11.8 Å². The van der Waals surface area contributed by atoms with Gasteiger partial charge in [0.25, 0.3) is 0 Å². The molecule has 4 heteroatoms. The summed E-state index contributed by atoms with van der Waals surface area (Å²) < 4.78 is 7.01. The van der Waals surface area contributed by atoms with Crippen molar-refractivity contribution in [1.29, 1.82) is 0 Å². The number of nitrogens with zero attached hydrogens (tertiary/aromatic N) is 1. The van der Waals surface area contributed by atoms with E-state index in [2.05, 4.69) is 17.2 Å². The highest BCUT2D eigenvalue weighted by atomic mass is 32.2. The van der Waals surface area contributed by atoms with Crippen molar-refractivity contribution in [1.82, 2.24) is 4.57 Å². The van der Waals surface area contributed by atoms with Gasteiger partial charge in [0.2, 0.25) is 0 Å². The number of aromatic nitrogens is 1. The third-order valence-corrected chi connectivity index (χ3v) is 3.86. The third-order valence-electron chi connectivity index (χ3n) is 2.81. The number of carbonyl (C=O) groups is 1. The Hall–Kier alpha value is -1.16. The Bertz CT molecular complexity index is 411. The van der Waals surface area contributed by atoms with E-state index < -0.39 is 0 Å². The quantitative estimate of drug-likeness (QED) is 0.458. The van der Waals surface area contributed by atoms with Gasteiger partial charge < -0.3 is 9.30 Å². The maximum Gasteiger partial charge on any atom is 0.314 e. The first-order valence-electron chi connectivity index (χ1n) is 5.29. The van der Waals surface area contributed by atoms with Gasteiger partial charge in [-0.25, -0.2) is 0 Å². The van der Waals surface area contributed by atoms with Crippen LogP contribution in [0, 0.1) is 0 Å². The largest absolute Gasteiger partial charge is 0.469 e. The zero-order valence-corrected chi connectivity index (χ0v) is 10.1. The molecule has 2 heterocycles.